The predicted molar refractivity (Wildman–Crippen MR) is 77.5 cm³/mol. The number of hydrogen-bond acceptors (Lipinski definition) is 5. The number of anilines is 1. The maximum Gasteiger partial charge on any atom is 0.328 e. The number of aryl methyl sites for hydroxylation is 1. The van der Waals surface area contributed by atoms with E-state index in [1.807, 2.05) is 0 Å². The summed E-state index contributed by atoms with van der Waals surface area (Å²) in [6.07, 6.45) is 1.26. The molecule has 0 aliphatic carbocycles. The van der Waals surface area contributed by atoms with Crippen LogP contribution in [0.1, 0.15) is 31.2 Å². The zero-order valence-electron chi connectivity index (χ0n) is 12.8. The number of nitrogens with zero attached hydrogens (tertiary/aromatic N) is 3. The van der Waals surface area contributed by atoms with E-state index in [9.17, 15) is 9.59 Å². The highest BCUT2D eigenvalue weighted by Crippen LogP contribution is 2.15. The Kier molecular flexibility index (Phi) is 4.50. The first-order valence-electron chi connectivity index (χ1n) is 7.18. The number of rotatable bonds is 4. The van der Waals surface area contributed by atoms with E-state index in [2.05, 4.69) is 5.10 Å². The van der Waals surface area contributed by atoms with E-state index in [0.29, 0.717) is 11.4 Å². The lowest BCUT2D eigenvalue weighted by molar-refractivity contribution is -0.159. The number of carbonyl (C=O) groups excluding carboxylic acids is 2. The first kappa shape index (κ1) is 15.3. The van der Waals surface area contributed by atoms with E-state index in [-0.39, 0.29) is 12.5 Å². The van der Waals surface area contributed by atoms with Crippen LogP contribution in [0.3, 0.4) is 0 Å². The van der Waals surface area contributed by atoms with Crippen LogP contribution in [-0.2, 0) is 20.9 Å². The van der Waals surface area contributed by atoms with Gasteiger partial charge in [-0.1, -0.05) is 0 Å². The zero-order valence-corrected chi connectivity index (χ0v) is 12.8. The summed E-state index contributed by atoms with van der Waals surface area (Å²) in [5.74, 6) is -0.616. The Bertz CT molecular complexity index is 547. The van der Waals surface area contributed by atoms with Gasteiger partial charge in [-0.25, -0.2) is 0 Å². The van der Waals surface area contributed by atoms with Gasteiger partial charge in [-0.05, 0) is 33.6 Å². The van der Waals surface area contributed by atoms with Crippen LogP contribution in [0, 0.1) is 13.8 Å². The van der Waals surface area contributed by atoms with Crippen molar-refractivity contribution >= 4 is 17.6 Å². The number of esters is 1. The largest absolute Gasteiger partial charge is 0.451 e. The van der Waals surface area contributed by atoms with Crippen LogP contribution in [0.15, 0.2) is 0 Å². The summed E-state index contributed by atoms with van der Waals surface area (Å²) in [6.45, 7) is 6.63. The van der Waals surface area contributed by atoms with Crippen molar-refractivity contribution < 1.29 is 14.3 Å². The molecule has 0 saturated carbocycles. The molecule has 1 atom stereocenters. The predicted octanol–water partition coefficient (Wildman–Crippen LogP) is 0.636. The van der Waals surface area contributed by atoms with Crippen LogP contribution < -0.4 is 5.73 Å². The van der Waals surface area contributed by atoms with Crippen molar-refractivity contribution in [1.29, 1.82) is 0 Å². The first-order chi connectivity index (χ1) is 9.90. The Morgan fingerprint density at radius 3 is 2.48 bits per heavy atom. The van der Waals surface area contributed by atoms with Gasteiger partial charge in [0, 0.05) is 13.1 Å². The third kappa shape index (κ3) is 3.34. The van der Waals surface area contributed by atoms with Gasteiger partial charge in [-0.15, -0.1) is 0 Å². The van der Waals surface area contributed by atoms with Crippen molar-refractivity contribution in [2.24, 2.45) is 0 Å². The summed E-state index contributed by atoms with van der Waals surface area (Å²) in [4.78, 5) is 25.7. The summed E-state index contributed by atoms with van der Waals surface area (Å²) < 4.78 is 6.70. The lowest BCUT2D eigenvalue weighted by Crippen LogP contribution is -2.38. The van der Waals surface area contributed by atoms with Gasteiger partial charge in [0.2, 0.25) is 0 Å². The lowest BCUT2D eigenvalue weighted by atomic mass is 10.3. The third-order valence-electron chi connectivity index (χ3n) is 3.79. The van der Waals surface area contributed by atoms with E-state index < -0.39 is 12.1 Å². The Labute approximate surface area is 124 Å². The summed E-state index contributed by atoms with van der Waals surface area (Å²) in [7, 11) is 0. The van der Waals surface area contributed by atoms with Gasteiger partial charge in [0.1, 0.15) is 6.54 Å². The molecule has 1 amide bonds. The number of hydrogen-bond donors (Lipinski definition) is 1. The molecule has 1 aliphatic rings. The molecule has 1 aromatic heterocycles. The quantitative estimate of drug-likeness (QED) is 0.823. The Hall–Kier alpha value is -2.05. The van der Waals surface area contributed by atoms with Crippen LogP contribution in [-0.4, -0.2) is 45.8 Å². The van der Waals surface area contributed by atoms with Gasteiger partial charge < -0.3 is 15.4 Å². The van der Waals surface area contributed by atoms with Crippen molar-refractivity contribution in [2.75, 3.05) is 18.8 Å². The number of likely N-dealkylation sites (tertiary alicyclic amines) is 1. The van der Waals surface area contributed by atoms with Crippen LogP contribution in [0.5, 0.6) is 0 Å². The van der Waals surface area contributed by atoms with E-state index in [4.69, 9.17) is 10.5 Å². The van der Waals surface area contributed by atoms with Gasteiger partial charge >= 0.3 is 5.97 Å². The summed E-state index contributed by atoms with van der Waals surface area (Å²) in [5, 5.41) is 4.17. The second-order valence-corrected chi connectivity index (χ2v) is 5.41. The van der Waals surface area contributed by atoms with Gasteiger partial charge in [0.15, 0.2) is 6.10 Å². The molecule has 0 bridgehead atoms. The maximum atomic E-state index is 12.1. The number of amides is 1. The molecule has 2 N–H and O–H groups in total. The van der Waals surface area contributed by atoms with Gasteiger partial charge in [-0.2, -0.15) is 5.10 Å². The fraction of sp³-hybridized carbons (Fsp3) is 0.643. The van der Waals surface area contributed by atoms with Crippen LogP contribution >= 0.6 is 0 Å². The molecule has 7 heteroatoms. The molecular weight excluding hydrogens is 272 g/mol. The van der Waals surface area contributed by atoms with E-state index >= 15 is 0 Å². The second-order valence-electron chi connectivity index (χ2n) is 5.41. The molecule has 2 rings (SSSR count). The number of carbonyl (C=O) groups is 2. The molecule has 0 radical (unpaired) electrons. The molecular formula is C14H22N4O3. The van der Waals surface area contributed by atoms with Gasteiger partial charge in [-0.3, -0.25) is 14.3 Å². The van der Waals surface area contributed by atoms with Crippen molar-refractivity contribution in [2.45, 2.75) is 46.3 Å². The fourth-order valence-electron chi connectivity index (χ4n) is 2.47. The topological polar surface area (TPSA) is 90.5 Å². The minimum atomic E-state index is -0.759. The van der Waals surface area contributed by atoms with E-state index in [1.165, 1.54) is 4.68 Å². The Balaban J connectivity index is 1.91. The smallest absolute Gasteiger partial charge is 0.328 e. The average Bonchev–Trinajstić information content (AvgIpc) is 3.04. The molecule has 7 nitrogen and oxygen atoms in total. The SMILES string of the molecule is Cc1nn(CC(=O)OC(C)C(=O)N2CCCC2)c(C)c1N. The van der Waals surface area contributed by atoms with Crippen LogP contribution in [0.2, 0.25) is 0 Å². The molecule has 21 heavy (non-hydrogen) atoms. The molecule has 2 heterocycles. The monoisotopic (exact) mass is 294 g/mol. The van der Waals surface area contributed by atoms with Crippen molar-refractivity contribution in [1.82, 2.24) is 14.7 Å². The summed E-state index contributed by atoms with van der Waals surface area (Å²) in [6, 6.07) is 0. The normalized spacial score (nSPS) is 16.0. The highest BCUT2D eigenvalue weighted by molar-refractivity contribution is 5.83. The van der Waals surface area contributed by atoms with E-state index in [0.717, 1.165) is 31.6 Å². The van der Waals surface area contributed by atoms with Crippen molar-refractivity contribution in [3.8, 4) is 0 Å². The molecule has 0 aromatic carbocycles. The van der Waals surface area contributed by atoms with Crippen molar-refractivity contribution in [3.05, 3.63) is 11.4 Å². The molecule has 1 saturated heterocycles. The molecule has 1 unspecified atom stereocenters. The first-order valence-corrected chi connectivity index (χ1v) is 7.18. The molecule has 1 fully saturated rings. The number of ether oxygens (including phenoxy) is 1. The number of nitrogens with two attached hydrogens (primary N) is 1. The summed E-state index contributed by atoms with van der Waals surface area (Å²) in [5.41, 5.74) is 7.79. The highest BCUT2D eigenvalue weighted by Gasteiger charge is 2.26. The summed E-state index contributed by atoms with van der Waals surface area (Å²) >= 11 is 0. The van der Waals surface area contributed by atoms with Gasteiger partial charge in [0.05, 0.1) is 17.1 Å². The molecule has 1 aromatic rings. The lowest BCUT2D eigenvalue weighted by Gasteiger charge is -2.20. The minimum absolute atomic E-state index is 0.0402. The molecule has 116 valence electrons. The number of nitrogen functional groups attached to an aromatic ring is 1. The number of aromatic nitrogens is 2. The maximum absolute atomic E-state index is 12.1. The standard InChI is InChI=1S/C14H22N4O3/c1-9-13(15)10(2)18(16-9)8-12(19)21-11(3)14(20)17-6-4-5-7-17/h11H,4-8,15H2,1-3H3. The Morgan fingerprint density at radius 1 is 1.33 bits per heavy atom. The molecule has 1 aliphatic heterocycles. The highest BCUT2D eigenvalue weighted by atomic mass is 16.5. The fourth-order valence-corrected chi connectivity index (χ4v) is 2.47. The van der Waals surface area contributed by atoms with E-state index in [1.54, 1.807) is 25.7 Å². The minimum Gasteiger partial charge on any atom is -0.451 e. The second kappa shape index (κ2) is 6.15. The average molecular weight is 294 g/mol. The third-order valence-corrected chi connectivity index (χ3v) is 3.79. The van der Waals surface area contributed by atoms with Crippen molar-refractivity contribution in [3.63, 3.8) is 0 Å². The molecule has 0 spiro atoms. The van der Waals surface area contributed by atoms with Crippen LogP contribution in [0.25, 0.3) is 0 Å². The Morgan fingerprint density at radius 2 is 1.95 bits per heavy atom. The van der Waals surface area contributed by atoms with Gasteiger partial charge in [0.25, 0.3) is 5.91 Å². The zero-order chi connectivity index (χ0) is 15.6. The van der Waals surface area contributed by atoms with Crippen LogP contribution in [0.4, 0.5) is 5.69 Å².